The topological polar surface area (TPSA) is 46.1 Å². The van der Waals surface area contributed by atoms with E-state index in [2.05, 4.69) is 50.5 Å². The van der Waals surface area contributed by atoms with E-state index in [1.165, 1.54) is 5.69 Å². The molecule has 2 saturated heterocycles. The van der Waals surface area contributed by atoms with Gasteiger partial charge in [-0.15, -0.1) is 0 Å². The minimum absolute atomic E-state index is 0.395. The summed E-state index contributed by atoms with van der Waals surface area (Å²) in [4.78, 5) is 11.6. The molecule has 7 heteroatoms. The van der Waals surface area contributed by atoms with Crippen molar-refractivity contribution in [3.05, 3.63) is 29.3 Å². The number of hydrogen-bond acceptors (Lipinski definition) is 4. The minimum Gasteiger partial charge on any atom is -0.369 e. The summed E-state index contributed by atoms with van der Waals surface area (Å²) < 4.78 is 0. The van der Waals surface area contributed by atoms with E-state index in [4.69, 9.17) is 11.6 Å². The average molecular weight is 379 g/mol. The van der Waals surface area contributed by atoms with Crippen molar-refractivity contribution in [2.24, 2.45) is 4.99 Å². The van der Waals surface area contributed by atoms with Crippen molar-refractivity contribution < 1.29 is 0 Å². The zero-order valence-electron chi connectivity index (χ0n) is 16.1. The maximum Gasteiger partial charge on any atom is 0.191 e. The first-order valence-corrected chi connectivity index (χ1v) is 9.79. The van der Waals surface area contributed by atoms with Crippen LogP contribution in [-0.4, -0.2) is 88.3 Å². The predicted molar refractivity (Wildman–Crippen MR) is 110 cm³/mol. The van der Waals surface area contributed by atoms with Crippen molar-refractivity contribution in [1.82, 2.24) is 20.4 Å². The summed E-state index contributed by atoms with van der Waals surface area (Å²) >= 11 is 6.12. The number of nitrogens with zero attached hydrogens (tertiary/aromatic N) is 4. The Bertz CT molecular complexity index is 622. The Balaban J connectivity index is 1.48. The van der Waals surface area contributed by atoms with Crippen LogP contribution in [0.15, 0.2) is 29.3 Å². The monoisotopic (exact) mass is 378 g/mol. The van der Waals surface area contributed by atoms with E-state index in [9.17, 15) is 0 Å². The van der Waals surface area contributed by atoms with E-state index in [0.717, 1.165) is 56.7 Å². The summed E-state index contributed by atoms with van der Waals surface area (Å²) in [6, 6.07) is 8.99. The van der Waals surface area contributed by atoms with Gasteiger partial charge in [-0.05, 0) is 38.7 Å². The molecule has 0 bridgehead atoms. The molecule has 2 heterocycles. The number of likely N-dealkylation sites (N-methyl/N-ethyl adjacent to an activating group) is 2. The molecule has 2 aliphatic heterocycles. The number of nitrogens with one attached hydrogen (secondary N) is 2. The van der Waals surface area contributed by atoms with Gasteiger partial charge in [0, 0.05) is 69.1 Å². The highest BCUT2D eigenvalue weighted by Crippen LogP contribution is 2.23. The first-order valence-electron chi connectivity index (χ1n) is 9.41. The summed E-state index contributed by atoms with van der Waals surface area (Å²) in [5.41, 5.74) is 1.19. The zero-order chi connectivity index (χ0) is 18.5. The van der Waals surface area contributed by atoms with Gasteiger partial charge in [-0.25, -0.2) is 0 Å². The Morgan fingerprint density at radius 1 is 1.23 bits per heavy atom. The first-order chi connectivity index (χ1) is 12.5. The molecule has 1 aromatic rings. The number of halogens is 1. The Morgan fingerprint density at radius 3 is 2.85 bits per heavy atom. The Hall–Kier alpha value is -1.50. The van der Waals surface area contributed by atoms with E-state index in [0.29, 0.717) is 12.1 Å². The molecule has 2 fully saturated rings. The zero-order valence-corrected chi connectivity index (χ0v) is 16.8. The number of hydrogen-bond donors (Lipinski definition) is 2. The van der Waals surface area contributed by atoms with Crippen LogP contribution in [0.1, 0.15) is 6.42 Å². The van der Waals surface area contributed by atoms with Crippen LogP contribution in [0.4, 0.5) is 5.69 Å². The van der Waals surface area contributed by atoms with E-state index in [1.54, 1.807) is 0 Å². The van der Waals surface area contributed by atoms with Crippen LogP contribution in [0, 0.1) is 0 Å². The maximum atomic E-state index is 6.12. The molecule has 26 heavy (non-hydrogen) atoms. The van der Waals surface area contributed by atoms with Gasteiger partial charge in [0.2, 0.25) is 0 Å². The Morgan fingerprint density at radius 2 is 2.08 bits per heavy atom. The van der Waals surface area contributed by atoms with Crippen LogP contribution < -0.4 is 15.5 Å². The van der Waals surface area contributed by atoms with Gasteiger partial charge in [-0.2, -0.15) is 0 Å². The van der Waals surface area contributed by atoms with Crippen molar-refractivity contribution >= 4 is 23.2 Å². The highest BCUT2D eigenvalue weighted by atomic mass is 35.5. The van der Waals surface area contributed by atoms with Gasteiger partial charge < -0.3 is 20.4 Å². The smallest absolute Gasteiger partial charge is 0.191 e. The molecule has 6 nitrogen and oxygen atoms in total. The molecular formula is C19H31ClN6. The number of benzene rings is 1. The number of rotatable bonds is 4. The Kier molecular flexibility index (Phi) is 6.62. The second-order valence-corrected chi connectivity index (χ2v) is 7.84. The average Bonchev–Trinajstić information content (AvgIpc) is 3.10. The van der Waals surface area contributed by atoms with E-state index >= 15 is 0 Å². The number of piperazine rings is 1. The summed E-state index contributed by atoms with van der Waals surface area (Å²) in [7, 11) is 6.24. The molecule has 0 aromatic heterocycles. The van der Waals surface area contributed by atoms with Gasteiger partial charge in [0.25, 0.3) is 0 Å². The van der Waals surface area contributed by atoms with Gasteiger partial charge in [0.05, 0.1) is 0 Å². The molecule has 0 spiro atoms. The second kappa shape index (κ2) is 8.93. The number of guanidine groups is 1. The molecule has 2 unspecified atom stereocenters. The predicted octanol–water partition coefficient (Wildman–Crippen LogP) is 1.33. The molecule has 2 aliphatic rings. The quantitative estimate of drug-likeness (QED) is 0.611. The lowest BCUT2D eigenvalue weighted by Gasteiger charge is -2.38. The largest absolute Gasteiger partial charge is 0.369 e. The van der Waals surface area contributed by atoms with E-state index in [1.807, 2.05) is 25.2 Å². The van der Waals surface area contributed by atoms with Gasteiger partial charge in [0.15, 0.2) is 5.96 Å². The van der Waals surface area contributed by atoms with E-state index in [-0.39, 0.29) is 0 Å². The van der Waals surface area contributed by atoms with Crippen molar-refractivity contribution in [1.29, 1.82) is 0 Å². The molecule has 2 N–H and O–H groups in total. The standard InChI is InChI=1S/C19H31ClN6/c1-21-19(22-12-18-14-24(2)9-10-25(18)3)23-16-7-8-26(13-16)17-6-4-5-15(20)11-17/h4-6,11,16,18H,7-10,12-14H2,1-3H3,(H2,21,22,23). The Labute approximate surface area is 162 Å². The van der Waals surface area contributed by atoms with Crippen LogP contribution in [0.3, 0.4) is 0 Å². The lowest BCUT2D eigenvalue weighted by molar-refractivity contribution is 0.116. The lowest BCUT2D eigenvalue weighted by Crippen LogP contribution is -2.56. The molecule has 0 aliphatic carbocycles. The van der Waals surface area contributed by atoms with E-state index < -0.39 is 0 Å². The van der Waals surface area contributed by atoms with Crippen LogP contribution in [-0.2, 0) is 0 Å². The molecule has 1 aromatic carbocycles. The van der Waals surface area contributed by atoms with Crippen molar-refractivity contribution in [2.45, 2.75) is 18.5 Å². The SMILES string of the molecule is CN=C(NCC1CN(C)CCN1C)NC1CCN(c2cccc(Cl)c2)C1. The molecule has 2 atom stereocenters. The van der Waals surface area contributed by atoms with Crippen molar-refractivity contribution in [3.8, 4) is 0 Å². The van der Waals surface area contributed by atoms with Crippen LogP contribution in [0.2, 0.25) is 5.02 Å². The summed E-state index contributed by atoms with van der Waals surface area (Å²) in [6.45, 7) is 6.25. The van der Waals surface area contributed by atoms with Gasteiger partial charge in [-0.3, -0.25) is 9.89 Å². The fourth-order valence-electron chi connectivity index (χ4n) is 3.71. The normalized spacial score (nSPS) is 25.5. The molecule has 144 valence electrons. The summed E-state index contributed by atoms with van der Waals surface area (Å²) in [5.74, 6) is 0.893. The second-order valence-electron chi connectivity index (χ2n) is 7.41. The van der Waals surface area contributed by atoms with Gasteiger partial charge >= 0.3 is 0 Å². The van der Waals surface area contributed by atoms with Crippen LogP contribution in [0.25, 0.3) is 0 Å². The third-order valence-corrected chi connectivity index (χ3v) is 5.65. The molecule has 0 amide bonds. The molecule has 3 rings (SSSR count). The fraction of sp³-hybridized carbons (Fsp3) is 0.632. The van der Waals surface area contributed by atoms with Crippen molar-refractivity contribution in [2.75, 3.05) is 65.3 Å². The first kappa shape index (κ1) is 19.3. The molecular weight excluding hydrogens is 348 g/mol. The number of anilines is 1. The third-order valence-electron chi connectivity index (χ3n) is 5.41. The maximum absolute atomic E-state index is 6.12. The van der Waals surface area contributed by atoms with Crippen molar-refractivity contribution in [3.63, 3.8) is 0 Å². The molecule has 0 saturated carbocycles. The lowest BCUT2D eigenvalue weighted by atomic mass is 10.2. The van der Waals surface area contributed by atoms with Gasteiger partial charge in [-0.1, -0.05) is 17.7 Å². The number of aliphatic imine (C=N–C) groups is 1. The fourth-order valence-corrected chi connectivity index (χ4v) is 3.89. The minimum atomic E-state index is 0.395. The van der Waals surface area contributed by atoms with Crippen LogP contribution >= 0.6 is 11.6 Å². The highest BCUT2D eigenvalue weighted by Gasteiger charge is 2.25. The highest BCUT2D eigenvalue weighted by molar-refractivity contribution is 6.30. The molecule has 0 radical (unpaired) electrons. The van der Waals surface area contributed by atoms with Gasteiger partial charge in [0.1, 0.15) is 0 Å². The summed E-state index contributed by atoms with van der Waals surface area (Å²) in [5, 5.41) is 7.88. The summed E-state index contributed by atoms with van der Waals surface area (Å²) in [6.07, 6.45) is 1.10. The third kappa shape index (κ3) is 5.02. The van der Waals surface area contributed by atoms with Crippen LogP contribution in [0.5, 0.6) is 0 Å².